The van der Waals surface area contributed by atoms with Gasteiger partial charge in [-0.3, -0.25) is 4.79 Å². The van der Waals surface area contributed by atoms with Gasteiger partial charge in [0.2, 0.25) is 0 Å². The number of carbonyl (C=O) groups excluding carboxylic acids is 2. The van der Waals surface area contributed by atoms with Crippen molar-refractivity contribution >= 4 is 34.9 Å². The lowest BCUT2D eigenvalue weighted by Gasteiger charge is -2.14. The molecule has 1 amide bonds. The number of rotatable bonds is 8. The lowest BCUT2D eigenvalue weighted by atomic mass is 10.1. The van der Waals surface area contributed by atoms with Gasteiger partial charge in [-0.1, -0.05) is 66.7 Å². The summed E-state index contributed by atoms with van der Waals surface area (Å²) < 4.78 is 11.1. The molecule has 0 fully saturated rings. The van der Waals surface area contributed by atoms with Gasteiger partial charge in [0, 0.05) is 11.5 Å². The molecule has 0 saturated heterocycles. The van der Waals surface area contributed by atoms with E-state index in [2.05, 4.69) is 10.5 Å². The molecule has 0 aromatic heterocycles. The number of hydrazone groups is 1. The Morgan fingerprint density at radius 1 is 0.829 bits per heavy atom. The van der Waals surface area contributed by atoms with Crippen molar-refractivity contribution in [2.24, 2.45) is 5.10 Å². The standard InChI is InChI=1S/C29H24N2O4/c1-21(34-27-13-7-11-24-10-5-6-12-26(24)27)29(33)31-30-20-23-14-17-25(18-15-23)35-28(32)19-16-22-8-3-2-4-9-22/h2-21H,1H3,(H,31,33)/b19-16+,30-20-/t21-/m1/s1. The fourth-order valence-electron chi connectivity index (χ4n) is 3.30. The summed E-state index contributed by atoms with van der Waals surface area (Å²) in [6, 6.07) is 29.8. The number of nitrogens with zero attached hydrogens (tertiary/aromatic N) is 1. The Morgan fingerprint density at radius 3 is 2.34 bits per heavy atom. The number of hydrogen-bond acceptors (Lipinski definition) is 5. The number of fused-ring (bicyclic) bond motifs is 1. The van der Waals surface area contributed by atoms with E-state index in [0.29, 0.717) is 11.5 Å². The maximum absolute atomic E-state index is 12.4. The van der Waals surface area contributed by atoms with Crippen LogP contribution >= 0.6 is 0 Å². The van der Waals surface area contributed by atoms with Gasteiger partial charge < -0.3 is 9.47 Å². The van der Waals surface area contributed by atoms with Crippen LogP contribution in [0, 0.1) is 0 Å². The molecular weight excluding hydrogens is 440 g/mol. The third kappa shape index (κ3) is 6.65. The Balaban J connectivity index is 1.27. The second kappa shape index (κ2) is 11.4. The average molecular weight is 465 g/mol. The molecule has 0 aliphatic carbocycles. The molecule has 0 heterocycles. The first kappa shape index (κ1) is 23.4. The van der Waals surface area contributed by atoms with Crippen LogP contribution in [0.25, 0.3) is 16.8 Å². The van der Waals surface area contributed by atoms with E-state index in [9.17, 15) is 9.59 Å². The highest BCUT2D eigenvalue weighted by Crippen LogP contribution is 2.26. The molecule has 6 nitrogen and oxygen atoms in total. The zero-order chi connectivity index (χ0) is 24.5. The SMILES string of the molecule is C[C@@H](Oc1cccc2ccccc12)C(=O)N/N=C\c1ccc(OC(=O)/C=C/c2ccccc2)cc1. The Hall–Kier alpha value is -4.71. The van der Waals surface area contributed by atoms with Gasteiger partial charge in [0.25, 0.3) is 5.91 Å². The van der Waals surface area contributed by atoms with Crippen molar-refractivity contribution in [2.45, 2.75) is 13.0 Å². The third-order valence-corrected chi connectivity index (χ3v) is 5.12. The zero-order valence-corrected chi connectivity index (χ0v) is 19.1. The molecule has 1 atom stereocenters. The Kier molecular flexibility index (Phi) is 7.66. The number of ether oxygens (including phenoxy) is 2. The van der Waals surface area contributed by atoms with Gasteiger partial charge in [0.05, 0.1) is 6.21 Å². The molecule has 0 saturated carbocycles. The third-order valence-electron chi connectivity index (χ3n) is 5.12. The number of nitrogens with one attached hydrogen (secondary N) is 1. The van der Waals surface area contributed by atoms with E-state index in [-0.39, 0.29) is 5.91 Å². The molecule has 4 rings (SSSR count). The van der Waals surface area contributed by atoms with E-state index >= 15 is 0 Å². The second-order valence-corrected chi connectivity index (χ2v) is 7.71. The van der Waals surface area contributed by atoms with Crippen molar-refractivity contribution in [3.63, 3.8) is 0 Å². The summed E-state index contributed by atoms with van der Waals surface area (Å²) in [7, 11) is 0. The number of esters is 1. The first-order valence-electron chi connectivity index (χ1n) is 11.1. The summed E-state index contributed by atoms with van der Waals surface area (Å²) in [4.78, 5) is 24.4. The van der Waals surface area contributed by atoms with Crippen LogP contribution in [0.3, 0.4) is 0 Å². The summed E-state index contributed by atoms with van der Waals surface area (Å²) in [6.07, 6.45) is 3.84. The zero-order valence-electron chi connectivity index (χ0n) is 19.1. The summed E-state index contributed by atoms with van der Waals surface area (Å²) in [6.45, 7) is 1.67. The Bertz CT molecular complexity index is 1360. The van der Waals surface area contributed by atoms with Gasteiger partial charge in [-0.15, -0.1) is 0 Å². The quantitative estimate of drug-likeness (QED) is 0.125. The van der Waals surface area contributed by atoms with Crippen molar-refractivity contribution in [3.8, 4) is 11.5 Å². The van der Waals surface area contributed by atoms with Crippen LogP contribution in [-0.4, -0.2) is 24.2 Å². The molecule has 4 aromatic carbocycles. The molecule has 0 spiro atoms. The number of carbonyl (C=O) groups is 2. The van der Waals surface area contributed by atoms with E-state index in [1.54, 1.807) is 37.3 Å². The van der Waals surface area contributed by atoms with Crippen LogP contribution in [0.15, 0.2) is 108 Å². The molecule has 0 aliphatic rings. The minimum Gasteiger partial charge on any atom is -0.480 e. The smallest absolute Gasteiger partial charge is 0.336 e. The van der Waals surface area contributed by atoms with Gasteiger partial charge in [-0.05, 0) is 59.8 Å². The normalized spacial score (nSPS) is 12.0. The van der Waals surface area contributed by atoms with Gasteiger partial charge in [-0.25, -0.2) is 10.2 Å². The fraction of sp³-hybridized carbons (Fsp3) is 0.0690. The first-order valence-corrected chi connectivity index (χ1v) is 11.1. The molecule has 1 N–H and O–H groups in total. The molecular formula is C29H24N2O4. The topological polar surface area (TPSA) is 77.0 Å². The summed E-state index contributed by atoms with van der Waals surface area (Å²) in [5.41, 5.74) is 4.13. The van der Waals surface area contributed by atoms with Crippen LogP contribution in [0.2, 0.25) is 0 Å². The van der Waals surface area contributed by atoms with Gasteiger partial charge in [-0.2, -0.15) is 5.10 Å². The van der Waals surface area contributed by atoms with Crippen molar-refractivity contribution in [2.75, 3.05) is 0 Å². The van der Waals surface area contributed by atoms with Crippen molar-refractivity contribution in [1.82, 2.24) is 5.43 Å². The fourth-order valence-corrected chi connectivity index (χ4v) is 3.30. The van der Waals surface area contributed by atoms with Crippen LogP contribution in [-0.2, 0) is 9.59 Å². The van der Waals surface area contributed by atoms with Crippen LogP contribution < -0.4 is 14.9 Å². The molecule has 0 aliphatic heterocycles. The second-order valence-electron chi connectivity index (χ2n) is 7.71. The molecule has 174 valence electrons. The van der Waals surface area contributed by atoms with E-state index in [1.165, 1.54) is 12.3 Å². The summed E-state index contributed by atoms with van der Waals surface area (Å²) in [5.74, 6) is 0.206. The minimum absolute atomic E-state index is 0.370. The first-order chi connectivity index (χ1) is 17.1. The largest absolute Gasteiger partial charge is 0.480 e. The Morgan fingerprint density at radius 2 is 1.54 bits per heavy atom. The molecule has 0 radical (unpaired) electrons. The van der Waals surface area contributed by atoms with Crippen LogP contribution in [0.1, 0.15) is 18.1 Å². The predicted molar refractivity (Wildman–Crippen MR) is 137 cm³/mol. The highest BCUT2D eigenvalue weighted by atomic mass is 16.5. The average Bonchev–Trinajstić information content (AvgIpc) is 2.89. The van der Waals surface area contributed by atoms with Crippen LogP contribution in [0.5, 0.6) is 11.5 Å². The van der Waals surface area contributed by atoms with Gasteiger partial charge in [0.1, 0.15) is 11.5 Å². The van der Waals surface area contributed by atoms with Crippen molar-refractivity contribution in [1.29, 1.82) is 0 Å². The summed E-state index contributed by atoms with van der Waals surface area (Å²) >= 11 is 0. The monoisotopic (exact) mass is 464 g/mol. The van der Waals surface area contributed by atoms with E-state index in [4.69, 9.17) is 9.47 Å². The number of hydrogen-bond donors (Lipinski definition) is 1. The maximum Gasteiger partial charge on any atom is 0.336 e. The minimum atomic E-state index is -0.733. The van der Waals surface area contributed by atoms with Gasteiger partial charge in [0.15, 0.2) is 6.10 Å². The highest BCUT2D eigenvalue weighted by Gasteiger charge is 2.15. The number of amides is 1. The van der Waals surface area contributed by atoms with Gasteiger partial charge >= 0.3 is 5.97 Å². The number of benzene rings is 4. The Labute approximate surface area is 203 Å². The molecule has 0 bridgehead atoms. The molecule has 6 heteroatoms. The van der Waals surface area contributed by atoms with Crippen molar-refractivity contribution in [3.05, 3.63) is 114 Å². The maximum atomic E-state index is 12.4. The van der Waals surface area contributed by atoms with Crippen LogP contribution in [0.4, 0.5) is 0 Å². The van der Waals surface area contributed by atoms with E-state index < -0.39 is 12.1 Å². The molecule has 0 unspecified atom stereocenters. The predicted octanol–water partition coefficient (Wildman–Crippen LogP) is 5.38. The summed E-state index contributed by atoms with van der Waals surface area (Å²) in [5, 5.41) is 5.97. The lowest BCUT2D eigenvalue weighted by Crippen LogP contribution is -2.33. The van der Waals surface area contributed by atoms with Crippen molar-refractivity contribution < 1.29 is 19.1 Å². The highest BCUT2D eigenvalue weighted by molar-refractivity contribution is 5.90. The molecule has 35 heavy (non-hydrogen) atoms. The lowest BCUT2D eigenvalue weighted by molar-refractivity contribution is -0.129. The molecule has 4 aromatic rings. The van der Waals surface area contributed by atoms with E-state index in [0.717, 1.165) is 21.9 Å². The van der Waals surface area contributed by atoms with E-state index in [1.807, 2.05) is 72.8 Å².